The highest BCUT2D eigenvalue weighted by molar-refractivity contribution is 5.75. The average molecular weight is 193 g/mol. The Morgan fingerprint density at radius 3 is 2.36 bits per heavy atom. The van der Waals surface area contributed by atoms with Crippen molar-refractivity contribution in [3.05, 3.63) is 23.9 Å². The Hall–Kier alpha value is -1.18. The maximum atomic E-state index is 10.8. The molecule has 0 radical (unpaired) electrons. The monoisotopic (exact) mass is 193 g/mol. The summed E-state index contributed by atoms with van der Waals surface area (Å²) in [5.41, 5.74) is 1.30. The second-order valence-corrected chi connectivity index (χ2v) is 3.66. The summed E-state index contributed by atoms with van der Waals surface area (Å²) in [6.07, 6.45) is 5.11. The molecule has 0 atom stereocenters. The molecule has 0 saturated heterocycles. The van der Waals surface area contributed by atoms with Gasteiger partial charge in [-0.05, 0) is 13.3 Å². The van der Waals surface area contributed by atoms with Crippen LogP contribution in [0.1, 0.15) is 34.1 Å². The van der Waals surface area contributed by atoms with E-state index in [9.17, 15) is 4.79 Å². The molecule has 0 fully saturated rings. The van der Waals surface area contributed by atoms with Crippen LogP contribution in [-0.2, 0) is 4.79 Å². The molecule has 0 aliphatic rings. The summed E-state index contributed by atoms with van der Waals surface area (Å²) in [5, 5.41) is 0. The quantitative estimate of drug-likeness (QED) is 0.285. The first-order valence-electron chi connectivity index (χ1n) is 4.84. The minimum absolute atomic E-state index is 0.251. The Morgan fingerprint density at radius 2 is 2.07 bits per heavy atom. The Kier molecular flexibility index (Phi) is 5.06. The third-order valence-electron chi connectivity index (χ3n) is 2.21. The zero-order chi connectivity index (χ0) is 11.2. The molecule has 78 valence electrons. The topological polar surface area (TPSA) is 29.4 Å². The van der Waals surface area contributed by atoms with Crippen molar-refractivity contribution in [2.24, 2.45) is 10.4 Å². The highest BCUT2D eigenvalue weighted by Gasteiger charge is 2.21. The summed E-state index contributed by atoms with van der Waals surface area (Å²) in [5.74, 6) is 0. The number of allylic oxidation sites excluding steroid dienone is 2. The number of rotatable bonds is 5. The molecule has 2 nitrogen and oxygen atoms in total. The van der Waals surface area contributed by atoms with Crippen LogP contribution in [0.5, 0.6) is 0 Å². The van der Waals surface area contributed by atoms with E-state index in [1.165, 1.54) is 0 Å². The van der Waals surface area contributed by atoms with Crippen molar-refractivity contribution in [1.29, 1.82) is 0 Å². The predicted molar refractivity (Wildman–Crippen MR) is 61.5 cm³/mol. The second-order valence-electron chi connectivity index (χ2n) is 3.66. The van der Waals surface area contributed by atoms with Crippen LogP contribution < -0.4 is 0 Å². The molecule has 0 rings (SSSR count). The molecule has 0 saturated carbocycles. The van der Waals surface area contributed by atoms with Gasteiger partial charge in [-0.3, -0.25) is 9.79 Å². The fourth-order valence-corrected chi connectivity index (χ4v) is 1.20. The molecule has 0 aromatic rings. The van der Waals surface area contributed by atoms with Crippen molar-refractivity contribution in [3.63, 3.8) is 0 Å². The number of hydrogen-bond acceptors (Lipinski definition) is 2. The molecule has 14 heavy (non-hydrogen) atoms. The summed E-state index contributed by atoms with van der Waals surface area (Å²) >= 11 is 0. The van der Waals surface area contributed by atoms with E-state index in [0.717, 1.165) is 17.6 Å². The van der Waals surface area contributed by atoms with Gasteiger partial charge < -0.3 is 0 Å². The number of nitrogens with zero attached hydrogens (tertiary/aromatic N) is 1. The van der Waals surface area contributed by atoms with Crippen LogP contribution in [0.2, 0.25) is 0 Å². The van der Waals surface area contributed by atoms with E-state index >= 15 is 0 Å². The predicted octanol–water partition coefficient (Wildman–Crippen LogP) is 3.15. The SMILES string of the molecule is C=CC(C)(C)/C(N=CC)=C(\C=O)CC. The lowest BCUT2D eigenvalue weighted by Gasteiger charge is -2.22. The zero-order valence-electron chi connectivity index (χ0n) is 9.50. The number of aldehydes is 1. The van der Waals surface area contributed by atoms with Crippen LogP contribution in [0.4, 0.5) is 0 Å². The average Bonchev–Trinajstić information content (AvgIpc) is 2.18. The van der Waals surface area contributed by atoms with Crippen LogP contribution in [0.25, 0.3) is 0 Å². The molecule has 0 unspecified atom stereocenters. The van der Waals surface area contributed by atoms with Gasteiger partial charge in [0.1, 0.15) is 6.29 Å². The smallest absolute Gasteiger partial charge is 0.147 e. The van der Waals surface area contributed by atoms with Gasteiger partial charge in [-0.2, -0.15) is 0 Å². The summed E-state index contributed by atoms with van der Waals surface area (Å²) in [6.45, 7) is 11.6. The number of aliphatic imine (C=N–C) groups is 1. The van der Waals surface area contributed by atoms with Gasteiger partial charge in [-0.15, -0.1) is 6.58 Å². The lowest BCUT2D eigenvalue weighted by atomic mass is 9.86. The van der Waals surface area contributed by atoms with Crippen LogP contribution in [0.3, 0.4) is 0 Å². The van der Waals surface area contributed by atoms with Crippen molar-refractivity contribution in [2.75, 3.05) is 0 Å². The van der Waals surface area contributed by atoms with E-state index in [-0.39, 0.29) is 5.41 Å². The van der Waals surface area contributed by atoms with Gasteiger partial charge in [0, 0.05) is 17.2 Å². The second kappa shape index (κ2) is 5.53. The summed E-state index contributed by atoms with van der Waals surface area (Å²) in [4.78, 5) is 15.1. The van der Waals surface area contributed by atoms with E-state index in [2.05, 4.69) is 11.6 Å². The third-order valence-corrected chi connectivity index (χ3v) is 2.21. The van der Waals surface area contributed by atoms with Crippen molar-refractivity contribution < 1.29 is 4.79 Å². The van der Waals surface area contributed by atoms with E-state index in [1.54, 1.807) is 6.21 Å². The number of carbonyl (C=O) groups excluding carboxylic acids is 1. The Morgan fingerprint density at radius 1 is 1.50 bits per heavy atom. The van der Waals surface area contributed by atoms with Crippen LogP contribution in [-0.4, -0.2) is 12.5 Å². The van der Waals surface area contributed by atoms with Crippen molar-refractivity contribution in [2.45, 2.75) is 34.1 Å². The van der Waals surface area contributed by atoms with E-state index in [0.29, 0.717) is 6.42 Å². The third kappa shape index (κ3) is 2.95. The fraction of sp³-hybridized carbons (Fsp3) is 0.500. The standard InChI is InChI=1S/C12H19NO/c1-6-10(9-14)11(13-8-3)12(4,5)7-2/h7-9H,2,6H2,1,3-5H3/b11-10+,13-8?. The fourth-order valence-electron chi connectivity index (χ4n) is 1.20. The van der Waals surface area contributed by atoms with Crippen molar-refractivity contribution in [1.82, 2.24) is 0 Å². The molecule has 0 heterocycles. The van der Waals surface area contributed by atoms with Gasteiger partial charge in [0.2, 0.25) is 0 Å². The Labute approximate surface area is 86.4 Å². The number of carbonyl (C=O) groups is 1. The van der Waals surface area contributed by atoms with Gasteiger partial charge in [0.05, 0.1) is 5.70 Å². The zero-order valence-corrected chi connectivity index (χ0v) is 9.50. The van der Waals surface area contributed by atoms with Crippen LogP contribution in [0.15, 0.2) is 28.9 Å². The molecule has 0 bridgehead atoms. The van der Waals surface area contributed by atoms with Gasteiger partial charge in [-0.25, -0.2) is 0 Å². The maximum Gasteiger partial charge on any atom is 0.147 e. The normalized spacial score (nSPS) is 14.0. The first-order chi connectivity index (χ1) is 6.53. The highest BCUT2D eigenvalue weighted by atomic mass is 16.1. The van der Waals surface area contributed by atoms with Gasteiger partial charge in [-0.1, -0.05) is 26.8 Å². The highest BCUT2D eigenvalue weighted by Crippen LogP contribution is 2.31. The molecule has 0 spiro atoms. The van der Waals surface area contributed by atoms with E-state index in [1.807, 2.05) is 33.8 Å². The lowest BCUT2D eigenvalue weighted by molar-refractivity contribution is -0.105. The van der Waals surface area contributed by atoms with Crippen molar-refractivity contribution >= 4 is 12.5 Å². The van der Waals surface area contributed by atoms with Crippen LogP contribution >= 0.6 is 0 Å². The minimum atomic E-state index is -0.251. The van der Waals surface area contributed by atoms with Crippen LogP contribution in [0, 0.1) is 5.41 Å². The van der Waals surface area contributed by atoms with Crippen molar-refractivity contribution in [3.8, 4) is 0 Å². The van der Waals surface area contributed by atoms with E-state index in [4.69, 9.17) is 0 Å². The molecule has 0 aromatic heterocycles. The summed E-state index contributed by atoms with van der Waals surface area (Å²) in [7, 11) is 0. The van der Waals surface area contributed by atoms with Gasteiger partial charge in [0.15, 0.2) is 0 Å². The Bertz CT molecular complexity index is 272. The van der Waals surface area contributed by atoms with Gasteiger partial charge in [0.25, 0.3) is 0 Å². The lowest BCUT2D eigenvalue weighted by Crippen LogP contribution is -2.12. The van der Waals surface area contributed by atoms with Gasteiger partial charge >= 0.3 is 0 Å². The van der Waals surface area contributed by atoms with E-state index < -0.39 is 0 Å². The largest absolute Gasteiger partial charge is 0.298 e. The molecular formula is C12H19NO. The first kappa shape index (κ1) is 12.8. The number of hydrogen-bond donors (Lipinski definition) is 0. The molecule has 0 aromatic carbocycles. The molecule has 0 aliphatic heterocycles. The minimum Gasteiger partial charge on any atom is -0.298 e. The summed E-state index contributed by atoms with van der Waals surface area (Å²) in [6, 6.07) is 0. The Balaban J connectivity index is 5.42. The molecule has 2 heteroatoms. The first-order valence-corrected chi connectivity index (χ1v) is 4.84. The molecule has 0 N–H and O–H groups in total. The molecule has 0 amide bonds. The summed E-state index contributed by atoms with van der Waals surface area (Å²) < 4.78 is 0. The molecule has 0 aliphatic carbocycles. The maximum absolute atomic E-state index is 10.8. The molecular weight excluding hydrogens is 174 g/mol.